The summed E-state index contributed by atoms with van der Waals surface area (Å²) in [6.07, 6.45) is 3.83. The third kappa shape index (κ3) is 2.81. The van der Waals surface area contributed by atoms with Gasteiger partial charge in [0.25, 0.3) is 0 Å². The van der Waals surface area contributed by atoms with Crippen LogP contribution in [0.1, 0.15) is 5.56 Å². The first kappa shape index (κ1) is 12.3. The molecule has 2 heteroatoms. The van der Waals surface area contributed by atoms with Gasteiger partial charge in [0.2, 0.25) is 11.9 Å². The van der Waals surface area contributed by atoms with Crippen molar-refractivity contribution in [1.29, 1.82) is 0 Å². The van der Waals surface area contributed by atoms with Gasteiger partial charge in [-0.05, 0) is 28.9 Å². The van der Waals surface area contributed by atoms with Crippen LogP contribution in [0.15, 0.2) is 90.2 Å². The summed E-state index contributed by atoms with van der Waals surface area (Å²) in [5.41, 5.74) is 3.31. The minimum Gasteiger partial charge on any atom is -0.0622 e. The molecule has 0 N–H and O–H groups in total. The quantitative estimate of drug-likeness (QED) is 0.505. The Balaban J connectivity index is 1.97. The summed E-state index contributed by atoms with van der Waals surface area (Å²) in [6.45, 7) is 0. The van der Waals surface area contributed by atoms with Crippen LogP contribution in [0.4, 0.5) is 0 Å². The van der Waals surface area contributed by atoms with Crippen molar-refractivity contribution in [3.63, 3.8) is 0 Å². The number of pyridine rings is 1. The van der Waals surface area contributed by atoms with E-state index >= 15 is 0 Å². The Morgan fingerprint density at radius 3 is 2.10 bits per heavy atom. The Morgan fingerprint density at radius 2 is 1.35 bits per heavy atom. The van der Waals surface area contributed by atoms with E-state index in [2.05, 4.69) is 23.3 Å². The van der Waals surface area contributed by atoms with Crippen LogP contribution in [0.5, 0.6) is 0 Å². The first-order valence-corrected chi connectivity index (χ1v) is 6.59. The van der Waals surface area contributed by atoms with E-state index in [1.54, 1.807) is 0 Å². The molecule has 0 spiro atoms. The lowest BCUT2D eigenvalue weighted by Crippen LogP contribution is -2.29. The fraction of sp³-hybridized carbons (Fsp3) is 0. The van der Waals surface area contributed by atoms with Crippen molar-refractivity contribution in [2.75, 3.05) is 0 Å². The number of hydrogen-bond acceptors (Lipinski definition) is 1. The molecule has 0 aliphatic heterocycles. The summed E-state index contributed by atoms with van der Waals surface area (Å²) < 4.78 is 1.89. The van der Waals surface area contributed by atoms with Crippen LogP contribution >= 0.6 is 0 Å². The summed E-state index contributed by atoms with van der Waals surface area (Å²) in [5, 5.41) is 4.54. The molecule has 0 unspecified atom stereocenters. The van der Waals surface area contributed by atoms with E-state index in [1.807, 2.05) is 77.8 Å². The zero-order valence-corrected chi connectivity index (χ0v) is 11.1. The number of nitrogens with zero attached hydrogens (tertiary/aromatic N) is 2. The summed E-state index contributed by atoms with van der Waals surface area (Å²) in [4.78, 5) is 0. The molecule has 20 heavy (non-hydrogen) atoms. The van der Waals surface area contributed by atoms with Crippen LogP contribution in [-0.4, -0.2) is 6.21 Å². The maximum atomic E-state index is 4.54. The highest BCUT2D eigenvalue weighted by molar-refractivity contribution is 5.78. The average molecular weight is 259 g/mol. The number of hydrogen-bond donors (Lipinski definition) is 0. The van der Waals surface area contributed by atoms with Crippen LogP contribution in [0, 0.1) is 0 Å². The van der Waals surface area contributed by atoms with Crippen molar-refractivity contribution in [2.24, 2.45) is 5.10 Å². The van der Waals surface area contributed by atoms with Gasteiger partial charge in [0.05, 0.1) is 0 Å². The Hall–Kier alpha value is -2.74. The van der Waals surface area contributed by atoms with Gasteiger partial charge in [-0.3, -0.25) is 0 Å². The first-order chi connectivity index (χ1) is 9.93. The summed E-state index contributed by atoms with van der Waals surface area (Å²) in [5.74, 6) is 0. The highest BCUT2D eigenvalue weighted by Gasteiger charge is 2.10. The molecule has 0 saturated heterocycles. The van der Waals surface area contributed by atoms with Gasteiger partial charge in [0, 0.05) is 17.7 Å². The predicted molar refractivity (Wildman–Crippen MR) is 81.5 cm³/mol. The second-order valence-electron chi connectivity index (χ2n) is 4.45. The van der Waals surface area contributed by atoms with Gasteiger partial charge < -0.3 is 0 Å². The van der Waals surface area contributed by atoms with Crippen molar-refractivity contribution in [1.82, 2.24) is 0 Å². The third-order valence-electron chi connectivity index (χ3n) is 3.04. The Morgan fingerprint density at radius 1 is 0.700 bits per heavy atom. The molecule has 0 bridgehead atoms. The molecule has 1 heterocycles. The first-order valence-electron chi connectivity index (χ1n) is 6.59. The van der Waals surface area contributed by atoms with E-state index in [0.29, 0.717) is 0 Å². The normalized spacial score (nSPS) is 10.8. The zero-order chi connectivity index (χ0) is 13.6. The molecule has 2 nitrogen and oxygen atoms in total. The summed E-state index contributed by atoms with van der Waals surface area (Å²) in [7, 11) is 0. The molecule has 3 aromatic rings. The van der Waals surface area contributed by atoms with E-state index in [-0.39, 0.29) is 0 Å². The Labute approximate surface area is 118 Å². The maximum absolute atomic E-state index is 4.54. The molecule has 0 aliphatic carbocycles. The molecular weight excluding hydrogens is 244 g/mol. The minimum atomic E-state index is 1.07. The topological polar surface area (TPSA) is 16.2 Å². The van der Waals surface area contributed by atoms with Gasteiger partial charge in [-0.15, -0.1) is 0 Å². The second-order valence-corrected chi connectivity index (χ2v) is 4.45. The van der Waals surface area contributed by atoms with Crippen molar-refractivity contribution < 1.29 is 4.68 Å². The van der Waals surface area contributed by atoms with E-state index in [4.69, 9.17) is 0 Å². The van der Waals surface area contributed by atoms with E-state index in [9.17, 15) is 0 Å². The van der Waals surface area contributed by atoms with Crippen molar-refractivity contribution in [2.45, 2.75) is 0 Å². The maximum Gasteiger partial charge on any atom is 0.245 e. The highest BCUT2D eigenvalue weighted by Crippen LogP contribution is 2.13. The fourth-order valence-corrected chi connectivity index (χ4v) is 2.04. The van der Waals surface area contributed by atoms with E-state index in [0.717, 1.165) is 16.8 Å². The molecular formula is C18H15N2+. The highest BCUT2D eigenvalue weighted by atomic mass is 15.3. The van der Waals surface area contributed by atoms with Crippen LogP contribution in [0.3, 0.4) is 0 Å². The fourth-order valence-electron chi connectivity index (χ4n) is 2.04. The molecule has 2 aromatic carbocycles. The lowest BCUT2D eigenvalue weighted by Gasteiger charge is -1.97. The molecule has 0 fully saturated rings. The summed E-state index contributed by atoms with van der Waals surface area (Å²) >= 11 is 0. The largest absolute Gasteiger partial charge is 0.245 e. The van der Waals surface area contributed by atoms with Gasteiger partial charge in [-0.25, -0.2) is 0 Å². The Kier molecular flexibility index (Phi) is 3.65. The molecule has 0 amide bonds. The predicted octanol–water partition coefficient (Wildman–Crippen LogP) is 3.52. The number of aromatic nitrogens is 1. The summed E-state index contributed by atoms with van der Waals surface area (Å²) in [6, 6.07) is 26.4. The zero-order valence-electron chi connectivity index (χ0n) is 11.1. The molecule has 0 aliphatic rings. The van der Waals surface area contributed by atoms with Gasteiger partial charge in [0.15, 0.2) is 0 Å². The minimum absolute atomic E-state index is 1.07. The molecule has 0 saturated carbocycles. The van der Waals surface area contributed by atoms with Gasteiger partial charge in [0.1, 0.15) is 6.21 Å². The Bertz CT molecular complexity index is 704. The number of rotatable bonds is 3. The van der Waals surface area contributed by atoms with Crippen LogP contribution in [0.2, 0.25) is 0 Å². The van der Waals surface area contributed by atoms with Crippen molar-refractivity contribution in [3.8, 4) is 11.3 Å². The molecule has 3 rings (SSSR count). The monoisotopic (exact) mass is 259 g/mol. The molecule has 96 valence electrons. The van der Waals surface area contributed by atoms with Gasteiger partial charge in [-0.1, -0.05) is 53.2 Å². The molecule has 0 atom stereocenters. The van der Waals surface area contributed by atoms with Crippen molar-refractivity contribution in [3.05, 3.63) is 90.6 Å². The third-order valence-corrected chi connectivity index (χ3v) is 3.04. The average Bonchev–Trinajstić information content (AvgIpc) is 2.55. The lowest BCUT2D eigenvalue weighted by atomic mass is 10.1. The number of benzene rings is 2. The van der Waals surface area contributed by atoms with Crippen LogP contribution < -0.4 is 4.68 Å². The SMILES string of the molecule is C(=N[n+]1ccccc1-c1ccccc1)c1ccccc1. The molecule has 1 aromatic heterocycles. The molecule has 0 radical (unpaired) electrons. The van der Waals surface area contributed by atoms with Crippen molar-refractivity contribution >= 4 is 6.21 Å². The van der Waals surface area contributed by atoms with Gasteiger partial charge in [-0.2, -0.15) is 0 Å². The van der Waals surface area contributed by atoms with Crippen LogP contribution in [0.25, 0.3) is 11.3 Å². The van der Waals surface area contributed by atoms with Gasteiger partial charge >= 0.3 is 0 Å². The van der Waals surface area contributed by atoms with E-state index in [1.165, 1.54) is 0 Å². The standard InChI is InChI=1S/C18H15N2/c1-3-9-16(10-4-1)15-19-20-14-8-7-13-18(20)17-11-5-2-6-12-17/h1-15H/q+1. The lowest BCUT2D eigenvalue weighted by molar-refractivity contribution is -0.667. The smallest absolute Gasteiger partial charge is 0.0622 e. The van der Waals surface area contributed by atoms with Crippen LogP contribution in [-0.2, 0) is 0 Å². The van der Waals surface area contributed by atoms with E-state index < -0.39 is 0 Å². The second kappa shape index (κ2) is 5.93.